The maximum atomic E-state index is 11.2. The molecule has 0 saturated carbocycles. The molecule has 0 unspecified atom stereocenters. The smallest absolute Gasteiger partial charge is 0.202 e. The third kappa shape index (κ3) is 3.18. The van der Waals surface area contributed by atoms with Crippen LogP contribution in [0.3, 0.4) is 0 Å². The molecule has 0 bridgehead atoms. The van der Waals surface area contributed by atoms with Gasteiger partial charge in [-0.15, -0.1) is 0 Å². The van der Waals surface area contributed by atoms with Crippen molar-refractivity contribution in [2.75, 3.05) is 19.6 Å². The second-order valence-corrected chi connectivity index (χ2v) is 3.84. The van der Waals surface area contributed by atoms with Crippen LogP contribution in [-0.2, 0) is 10.2 Å². The minimum Gasteiger partial charge on any atom is -0.202 e. The van der Waals surface area contributed by atoms with Crippen molar-refractivity contribution in [3.63, 3.8) is 0 Å². The van der Waals surface area contributed by atoms with E-state index in [1.807, 2.05) is 13.8 Å². The summed E-state index contributed by atoms with van der Waals surface area (Å²) < 4.78 is 26.2. The van der Waals surface area contributed by atoms with E-state index in [-0.39, 0.29) is 0 Å². The second-order valence-electron chi connectivity index (χ2n) is 2.09. The van der Waals surface area contributed by atoms with Crippen molar-refractivity contribution in [1.29, 1.82) is 0 Å². The lowest BCUT2D eigenvalue weighted by atomic mass is 10.7. The van der Waals surface area contributed by atoms with Crippen LogP contribution in [-0.4, -0.2) is 32.4 Å². The van der Waals surface area contributed by atoms with Gasteiger partial charge in [0.2, 0.25) is 0 Å². The molecule has 1 N–H and O–H groups in total. The van der Waals surface area contributed by atoms with Gasteiger partial charge >= 0.3 is 0 Å². The molecule has 0 fully saturated rings. The van der Waals surface area contributed by atoms with E-state index >= 15 is 0 Å². The fourth-order valence-corrected chi connectivity index (χ4v) is 2.06. The van der Waals surface area contributed by atoms with Crippen LogP contribution in [0.1, 0.15) is 20.8 Å². The summed E-state index contributed by atoms with van der Waals surface area (Å²) in [5.41, 5.74) is 0. The Bertz CT molecular complexity index is 185. The molecule has 0 heterocycles. The van der Waals surface area contributed by atoms with E-state index in [2.05, 4.69) is 4.72 Å². The molecule has 0 aliphatic heterocycles. The molecule has 0 rings (SSSR count). The normalized spacial score (nSPS) is 12.4. The van der Waals surface area contributed by atoms with Gasteiger partial charge in [0, 0.05) is 19.6 Å². The van der Waals surface area contributed by atoms with E-state index in [1.54, 1.807) is 6.92 Å². The highest BCUT2D eigenvalue weighted by Gasteiger charge is 2.15. The Morgan fingerprint density at radius 1 is 1.18 bits per heavy atom. The average molecular weight is 180 g/mol. The highest BCUT2D eigenvalue weighted by Crippen LogP contribution is 1.94. The maximum absolute atomic E-state index is 11.2. The molecule has 0 radical (unpaired) electrons. The van der Waals surface area contributed by atoms with Gasteiger partial charge in [0.1, 0.15) is 0 Å². The minimum atomic E-state index is -3.19. The zero-order valence-electron chi connectivity index (χ0n) is 7.29. The van der Waals surface area contributed by atoms with Gasteiger partial charge in [0.15, 0.2) is 0 Å². The van der Waals surface area contributed by atoms with Crippen molar-refractivity contribution < 1.29 is 8.42 Å². The van der Waals surface area contributed by atoms with Gasteiger partial charge in [-0.2, -0.15) is 12.7 Å². The molecule has 0 spiro atoms. The fraction of sp³-hybridized carbons (Fsp3) is 1.00. The van der Waals surface area contributed by atoms with Gasteiger partial charge in [0.25, 0.3) is 10.2 Å². The summed E-state index contributed by atoms with van der Waals surface area (Å²) in [5, 5.41) is 0. The molecule has 68 valence electrons. The van der Waals surface area contributed by atoms with Gasteiger partial charge in [-0.25, -0.2) is 4.72 Å². The van der Waals surface area contributed by atoms with E-state index in [1.165, 1.54) is 4.31 Å². The van der Waals surface area contributed by atoms with Gasteiger partial charge < -0.3 is 0 Å². The van der Waals surface area contributed by atoms with Crippen LogP contribution in [0.5, 0.6) is 0 Å². The zero-order valence-corrected chi connectivity index (χ0v) is 8.11. The molecule has 4 nitrogen and oxygen atoms in total. The average Bonchev–Trinajstić information content (AvgIpc) is 1.89. The van der Waals surface area contributed by atoms with Crippen LogP contribution >= 0.6 is 0 Å². The number of hydrogen-bond donors (Lipinski definition) is 1. The lowest BCUT2D eigenvalue weighted by Crippen LogP contribution is -2.40. The van der Waals surface area contributed by atoms with E-state index in [9.17, 15) is 8.42 Å². The van der Waals surface area contributed by atoms with Crippen LogP contribution in [0, 0.1) is 0 Å². The predicted octanol–water partition coefficient (Wildman–Crippen LogP) is 0.182. The summed E-state index contributed by atoms with van der Waals surface area (Å²) in [4.78, 5) is 0. The molecule has 0 aliphatic carbocycles. The first kappa shape index (κ1) is 10.9. The Morgan fingerprint density at radius 2 is 1.64 bits per heavy atom. The zero-order chi connectivity index (χ0) is 8.91. The van der Waals surface area contributed by atoms with E-state index in [0.717, 1.165) is 0 Å². The summed E-state index contributed by atoms with van der Waals surface area (Å²) in [7, 11) is -3.19. The fourth-order valence-electron chi connectivity index (χ4n) is 0.837. The van der Waals surface area contributed by atoms with E-state index < -0.39 is 10.2 Å². The molecule has 5 heteroatoms. The first-order chi connectivity index (χ1) is 5.08. The predicted molar refractivity (Wildman–Crippen MR) is 45.5 cm³/mol. The van der Waals surface area contributed by atoms with Crippen molar-refractivity contribution in [3.05, 3.63) is 0 Å². The molecular weight excluding hydrogens is 164 g/mol. The van der Waals surface area contributed by atoms with Gasteiger partial charge in [-0.3, -0.25) is 0 Å². The molecule has 0 atom stereocenters. The Kier molecular flexibility index (Phi) is 4.63. The van der Waals surface area contributed by atoms with Gasteiger partial charge in [0.05, 0.1) is 0 Å². The Balaban J connectivity index is 4.26. The topological polar surface area (TPSA) is 49.4 Å². The van der Waals surface area contributed by atoms with Crippen LogP contribution in [0.15, 0.2) is 0 Å². The van der Waals surface area contributed by atoms with Crippen molar-refractivity contribution >= 4 is 10.2 Å². The molecule has 0 aliphatic rings. The first-order valence-electron chi connectivity index (χ1n) is 3.83. The van der Waals surface area contributed by atoms with Crippen molar-refractivity contribution in [3.8, 4) is 0 Å². The molecule has 0 amide bonds. The molecule has 0 saturated heterocycles. The monoisotopic (exact) mass is 180 g/mol. The molecule has 0 aromatic heterocycles. The number of rotatable bonds is 5. The van der Waals surface area contributed by atoms with Crippen LogP contribution < -0.4 is 4.72 Å². The van der Waals surface area contributed by atoms with E-state index in [4.69, 9.17) is 0 Å². The summed E-state index contributed by atoms with van der Waals surface area (Å²) in [6.45, 7) is 6.88. The number of hydrogen-bond acceptors (Lipinski definition) is 2. The summed E-state index contributed by atoms with van der Waals surface area (Å²) >= 11 is 0. The van der Waals surface area contributed by atoms with Gasteiger partial charge in [-0.1, -0.05) is 20.8 Å². The van der Waals surface area contributed by atoms with E-state index in [0.29, 0.717) is 19.6 Å². The summed E-state index contributed by atoms with van der Waals surface area (Å²) in [6.07, 6.45) is 0. The molecular formula is C6H16N2O2S. The highest BCUT2D eigenvalue weighted by molar-refractivity contribution is 7.87. The van der Waals surface area contributed by atoms with Crippen molar-refractivity contribution in [2.45, 2.75) is 20.8 Å². The van der Waals surface area contributed by atoms with Crippen molar-refractivity contribution in [2.24, 2.45) is 0 Å². The SMILES string of the molecule is CCNS(=O)(=O)N(CC)CC. The standard InChI is InChI=1S/C6H16N2O2S/c1-4-7-11(9,10)8(5-2)6-3/h7H,4-6H2,1-3H3. The maximum Gasteiger partial charge on any atom is 0.279 e. The highest BCUT2D eigenvalue weighted by atomic mass is 32.2. The summed E-state index contributed by atoms with van der Waals surface area (Å²) in [5.74, 6) is 0. The summed E-state index contributed by atoms with van der Waals surface area (Å²) in [6, 6.07) is 0. The lowest BCUT2D eigenvalue weighted by molar-refractivity contribution is 0.436. The third-order valence-corrected chi connectivity index (χ3v) is 3.22. The molecule has 0 aromatic carbocycles. The van der Waals surface area contributed by atoms with Crippen LogP contribution in [0.4, 0.5) is 0 Å². The molecule has 11 heavy (non-hydrogen) atoms. The van der Waals surface area contributed by atoms with Crippen molar-refractivity contribution in [1.82, 2.24) is 9.03 Å². The first-order valence-corrected chi connectivity index (χ1v) is 5.27. The number of nitrogens with zero attached hydrogens (tertiary/aromatic N) is 1. The lowest BCUT2D eigenvalue weighted by Gasteiger charge is -2.17. The third-order valence-electron chi connectivity index (χ3n) is 1.37. The Hall–Kier alpha value is -0.130. The van der Waals surface area contributed by atoms with Crippen LogP contribution in [0.2, 0.25) is 0 Å². The largest absolute Gasteiger partial charge is 0.279 e. The Labute approximate surface area is 68.8 Å². The quantitative estimate of drug-likeness (QED) is 0.656. The molecule has 0 aromatic rings. The minimum absolute atomic E-state index is 0.443. The number of nitrogens with one attached hydrogen (secondary N) is 1. The van der Waals surface area contributed by atoms with Gasteiger partial charge in [-0.05, 0) is 0 Å². The second kappa shape index (κ2) is 4.69. The van der Waals surface area contributed by atoms with Crippen LogP contribution in [0.25, 0.3) is 0 Å². The Morgan fingerprint density at radius 3 is 1.91 bits per heavy atom.